The summed E-state index contributed by atoms with van der Waals surface area (Å²) in [7, 11) is -3.39. The molecular weight excluding hydrogens is 308 g/mol. The zero-order valence-electron chi connectivity index (χ0n) is 10.4. The summed E-state index contributed by atoms with van der Waals surface area (Å²) >= 11 is 3.36. The Morgan fingerprint density at radius 1 is 1.41 bits per heavy atom. The van der Waals surface area contributed by atoms with Gasteiger partial charge in [-0.15, -0.1) is 0 Å². The molecule has 1 aliphatic rings. The van der Waals surface area contributed by atoms with Gasteiger partial charge in [0, 0.05) is 24.0 Å². The fraction of sp³-hybridized carbons (Fsp3) is 1.00. The maximum atomic E-state index is 12.2. The molecule has 1 atom stereocenters. The van der Waals surface area contributed by atoms with Crippen LogP contribution in [0.3, 0.4) is 0 Å². The second-order valence-electron chi connectivity index (χ2n) is 4.47. The number of morpholine rings is 1. The van der Waals surface area contributed by atoms with E-state index in [4.69, 9.17) is 4.74 Å². The van der Waals surface area contributed by atoms with E-state index in [0.717, 1.165) is 18.2 Å². The number of nitrogens with one attached hydrogen (secondary N) is 1. The average Bonchev–Trinajstić information content (AvgIpc) is 2.30. The van der Waals surface area contributed by atoms with Gasteiger partial charge in [0.1, 0.15) is 0 Å². The number of ether oxygens (including phenoxy) is 1. The van der Waals surface area contributed by atoms with Gasteiger partial charge in [-0.2, -0.15) is 17.4 Å². The van der Waals surface area contributed by atoms with Crippen molar-refractivity contribution in [3.8, 4) is 0 Å². The lowest BCUT2D eigenvalue weighted by atomic mass is 9.98. The van der Waals surface area contributed by atoms with Gasteiger partial charge in [-0.25, -0.2) is 0 Å². The van der Waals surface area contributed by atoms with E-state index in [9.17, 15) is 8.42 Å². The molecule has 17 heavy (non-hydrogen) atoms. The van der Waals surface area contributed by atoms with Crippen LogP contribution in [0.4, 0.5) is 0 Å². The molecule has 0 aromatic rings. The first-order chi connectivity index (χ1) is 7.93. The van der Waals surface area contributed by atoms with Crippen LogP contribution in [-0.4, -0.2) is 49.9 Å². The van der Waals surface area contributed by atoms with Crippen molar-refractivity contribution in [3.63, 3.8) is 0 Å². The van der Waals surface area contributed by atoms with Crippen LogP contribution in [-0.2, 0) is 14.9 Å². The SMILES string of the molecule is CCC(C)(CCBr)NS(=O)(=O)N1CCOCC1. The zero-order chi connectivity index (χ0) is 12.9. The lowest BCUT2D eigenvalue weighted by Crippen LogP contribution is -2.54. The monoisotopic (exact) mass is 328 g/mol. The minimum Gasteiger partial charge on any atom is -0.379 e. The van der Waals surface area contributed by atoms with E-state index < -0.39 is 10.2 Å². The lowest BCUT2D eigenvalue weighted by molar-refractivity contribution is 0.0719. The van der Waals surface area contributed by atoms with Gasteiger partial charge in [0.15, 0.2) is 0 Å². The smallest absolute Gasteiger partial charge is 0.280 e. The second kappa shape index (κ2) is 6.47. The number of halogens is 1. The Balaban J connectivity index is 2.69. The predicted molar refractivity (Wildman–Crippen MR) is 71.6 cm³/mol. The molecule has 0 bridgehead atoms. The van der Waals surface area contributed by atoms with Gasteiger partial charge < -0.3 is 4.74 Å². The van der Waals surface area contributed by atoms with Crippen molar-refractivity contribution in [3.05, 3.63) is 0 Å². The molecule has 0 amide bonds. The Morgan fingerprint density at radius 2 is 2.00 bits per heavy atom. The molecule has 0 aromatic carbocycles. The molecule has 0 saturated carbocycles. The van der Waals surface area contributed by atoms with Gasteiger partial charge in [0.25, 0.3) is 10.2 Å². The summed E-state index contributed by atoms with van der Waals surface area (Å²) in [5, 5.41) is 0.781. The van der Waals surface area contributed by atoms with Gasteiger partial charge in [-0.3, -0.25) is 0 Å². The normalized spacial score (nSPS) is 22.3. The standard InChI is InChI=1S/C10H21BrN2O3S/c1-3-10(2,4-5-11)12-17(14,15)13-6-8-16-9-7-13/h12H,3-9H2,1-2H3. The number of alkyl halides is 1. The van der Waals surface area contributed by atoms with E-state index in [1.165, 1.54) is 4.31 Å². The number of hydrogen-bond donors (Lipinski definition) is 1. The quantitative estimate of drug-likeness (QED) is 0.743. The first kappa shape index (κ1) is 15.4. The molecule has 1 rings (SSSR count). The van der Waals surface area contributed by atoms with Crippen LogP contribution in [0, 0.1) is 0 Å². The van der Waals surface area contributed by atoms with Crippen LogP contribution in [0.15, 0.2) is 0 Å². The molecule has 1 fully saturated rings. The van der Waals surface area contributed by atoms with Gasteiger partial charge in [-0.1, -0.05) is 22.9 Å². The fourth-order valence-corrected chi connectivity index (χ4v) is 4.17. The van der Waals surface area contributed by atoms with Crippen LogP contribution in [0.1, 0.15) is 26.7 Å². The molecule has 1 saturated heterocycles. The van der Waals surface area contributed by atoms with Gasteiger partial charge in [-0.05, 0) is 19.8 Å². The summed E-state index contributed by atoms with van der Waals surface area (Å²) in [5.41, 5.74) is -0.388. The molecule has 0 spiro atoms. The zero-order valence-corrected chi connectivity index (χ0v) is 12.8. The highest BCUT2D eigenvalue weighted by atomic mass is 79.9. The Morgan fingerprint density at radius 3 is 2.47 bits per heavy atom. The van der Waals surface area contributed by atoms with Gasteiger partial charge in [0.05, 0.1) is 13.2 Å². The average molecular weight is 329 g/mol. The highest BCUT2D eigenvalue weighted by molar-refractivity contribution is 9.09. The molecule has 1 heterocycles. The molecule has 1 N–H and O–H groups in total. The van der Waals surface area contributed by atoms with Crippen LogP contribution in [0.2, 0.25) is 0 Å². The van der Waals surface area contributed by atoms with Crippen molar-refractivity contribution in [1.29, 1.82) is 0 Å². The number of hydrogen-bond acceptors (Lipinski definition) is 3. The minimum absolute atomic E-state index is 0.388. The minimum atomic E-state index is -3.39. The third-order valence-corrected chi connectivity index (χ3v) is 5.30. The van der Waals surface area contributed by atoms with E-state index in [1.807, 2.05) is 13.8 Å². The maximum absolute atomic E-state index is 12.2. The number of rotatable bonds is 6. The van der Waals surface area contributed by atoms with E-state index in [-0.39, 0.29) is 5.54 Å². The van der Waals surface area contributed by atoms with Crippen LogP contribution >= 0.6 is 15.9 Å². The maximum Gasteiger partial charge on any atom is 0.280 e. The summed E-state index contributed by atoms with van der Waals surface area (Å²) in [6.45, 7) is 5.74. The summed E-state index contributed by atoms with van der Waals surface area (Å²) in [6.07, 6.45) is 1.54. The van der Waals surface area contributed by atoms with Gasteiger partial charge >= 0.3 is 0 Å². The number of nitrogens with zero attached hydrogens (tertiary/aromatic N) is 1. The summed E-state index contributed by atoms with van der Waals surface area (Å²) in [6, 6.07) is 0. The summed E-state index contributed by atoms with van der Waals surface area (Å²) in [5.74, 6) is 0. The van der Waals surface area contributed by atoms with Crippen LogP contribution in [0.25, 0.3) is 0 Å². The molecule has 0 aromatic heterocycles. The van der Waals surface area contributed by atoms with Crippen LogP contribution in [0.5, 0.6) is 0 Å². The predicted octanol–water partition coefficient (Wildman–Crippen LogP) is 1.11. The van der Waals surface area contributed by atoms with Crippen molar-refractivity contribution in [2.24, 2.45) is 0 Å². The fourth-order valence-electron chi connectivity index (χ4n) is 1.67. The third kappa shape index (κ3) is 4.48. The van der Waals surface area contributed by atoms with Crippen molar-refractivity contribution < 1.29 is 13.2 Å². The molecule has 0 aliphatic carbocycles. The second-order valence-corrected chi connectivity index (χ2v) is 6.94. The highest BCUT2D eigenvalue weighted by Crippen LogP contribution is 2.18. The van der Waals surface area contributed by atoms with Crippen molar-refractivity contribution in [2.75, 3.05) is 31.6 Å². The lowest BCUT2D eigenvalue weighted by Gasteiger charge is -2.33. The Labute approximate surface area is 112 Å². The molecule has 1 unspecified atom stereocenters. The molecule has 102 valence electrons. The van der Waals surface area contributed by atoms with Gasteiger partial charge in [0.2, 0.25) is 0 Å². The van der Waals surface area contributed by atoms with E-state index in [1.54, 1.807) is 0 Å². The van der Waals surface area contributed by atoms with E-state index >= 15 is 0 Å². The Bertz CT molecular complexity index is 330. The van der Waals surface area contributed by atoms with E-state index in [2.05, 4.69) is 20.7 Å². The molecule has 5 nitrogen and oxygen atoms in total. The Hall–Kier alpha value is 0.310. The molecule has 7 heteroatoms. The largest absolute Gasteiger partial charge is 0.379 e. The van der Waals surface area contributed by atoms with Crippen molar-refractivity contribution in [2.45, 2.75) is 32.2 Å². The van der Waals surface area contributed by atoms with Crippen molar-refractivity contribution >= 4 is 26.1 Å². The highest BCUT2D eigenvalue weighted by Gasteiger charge is 2.32. The molecule has 0 radical (unpaired) electrons. The molecular formula is C10H21BrN2O3S. The first-order valence-electron chi connectivity index (χ1n) is 5.86. The topological polar surface area (TPSA) is 58.6 Å². The molecule has 1 aliphatic heterocycles. The summed E-state index contributed by atoms with van der Waals surface area (Å²) in [4.78, 5) is 0. The van der Waals surface area contributed by atoms with Crippen molar-refractivity contribution in [1.82, 2.24) is 9.03 Å². The third-order valence-electron chi connectivity index (χ3n) is 3.11. The first-order valence-corrected chi connectivity index (χ1v) is 8.42. The summed E-state index contributed by atoms with van der Waals surface area (Å²) < 4.78 is 33.8. The van der Waals surface area contributed by atoms with E-state index in [0.29, 0.717) is 26.3 Å². The van der Waals surface area contributed by atoms with Crippen LogP contribution < -0.4 is 4.72 Å². The Kier molecular flexibility index (Phi) is 5.85.